The number of rotatable bonds is 5. The van der Waals surface area contributed by atoms with Crippen LogP contribution in [0.4, 0.5) is 17.5 Å². The van der Waals surface area contributed by atoms with Gasteiger partial charge in [0.1, 0.15) is 11.7 Å². The summed E-state index contributed by atoms with van der Waals surface area (Å²) < 4.78 is 0. The number of amides is 1. The Labute approximate surface area is 169 Å². The quantitative estimate of drug-likeness (QED) is 0.816. The Hall–Kier alpha value is -1.85. The molecule has 1 aromatic rings. The van der Waals surface area contributed by atoms with Crippen LogP contribution in [0.2, 0.25) is 0 Å². The highest BCUT2D eigenvalue weighted by Crippen LogP contribution is 2.40. The van der Waals surface area contributed by atoms with Crippen LogP contribution in [0.1, 0.15) is 78.1 Å². The van der Waals surface area contributed by atoms with Gasteiger partial charge in [-0.3, -0.25) is 4.79 Å². The predicted molar refractivity (Wildman–Crippen MR) is 114 cm³/mol. The van der Waals surface area contributed by atoms with Gasteiger partial charge in [0.2, 0.25) is 11.9 Å². The third-order valence-corrected chi connectivity index (χ3v) is 7.13. The molecule has 1 aromatic heterocycles. The monoisotopic (exact) mass is 385 g/mol. The van der Waals surface area contributed by atoms with Crippen molar-refractivity contribution < 1.29 is 4.79 Å². The first kappa shape index (κ1) is 19.5. The van der Waals surface area contributed by atoms with E-state index in [0.29, 0.717) is 23.9 Å². The topological polar surface area (TPSA) is 61.4 Å². The molecule has 0 bridgehead atoms. The van der Waals surface area contributed by atoms with Gasteiger partial charge in [-0.25, -0.2) is 4.98 Å². The molecule has 2 heterocycles. The molecule has 28 heavy (non-hydrogen) atoms. The summed E-state index contributed by atoms with van der Waals surface area (Å²) in [6.45, 7) is 4.37. The van der Waals surface area contributed by atoms with E-state index >= 15 is 0 Å². The van der Waals surface area contributed by atoms with E-state index in [9.17, 15) is 4.79 Å². The highest BCUT2D eigenvalue weighted by molar-refractivity contribution is 6.04. The van der Waals surface area contributed by atoms with Crippen molar-refractivity contribution in [1.82, 2.24) is 9.97 Å². The van der Waals surface area contributed by atoms with Gasteiger partial charge in [0.05, 0.1) is 6.20 Å². The van der Waals surface area contributed by atoms with Crippen LogP contribution in [0.25, 0.3) is 0 Å². The van der Waals surface area contributed by atoms with Gasteiger partial charge in [-0.2, -0.15) is 4.98 Å². The molecule has 0 unspecified atom stereocenters. The van der Waals surface area contributed by atoms with E-state index in [0.717, 1.165) is 30.8 Å². The van der Waals surface area contributed by atoms with Crippen LogP contribution in [0, 0.1) is 5.92 Å². The zero-order valence-corrected chi connectivity index (χ0v) is 17.7. The number of hydrogen-bond acceptors (Lipinski definition) is 5. The molecule has 2 aliphatic carbocycles. The van der Waals surface area contributed by atoms with Gasteiger partial charge in [0.15, 0.2) is 5.82 Å². The van der Waals surface area contributed by atoms with E-state index in [1.54, 1.807) is 4.90 Å². The normalized spacial score (nSPS) is 25.1. The summed E-state index contributed by atoms with van der Waals surface area (Å²) in [4.78, 5) is 26.6. The van der Waals surface area contributed by atoms with E-state index in [1.807, 2.05) is 13.2 Å². The average Bonchev–Trinajstić information content (AvgIpc) is 3.25. The first-order valence-corrected chi connectivity index (χ1v) is 11.3. The smallest absolute Gasteiger partial charge is 0.249 e. The lowest BCUT2D eigenvalue weighted by atomic mass is 9.85. The highest BCUT2D eigenvalue weighted by atomic mass is 16.2. The second-order valence-corrected chi connectivity index (χ2v) is 8.90. The molecule has 0 spiro atoms. The molecule has 3 aliphatic rings. The van der Waals surface area contributed by atoms with Crippen LogP contribution in [0.15, 0.2) is 6.20 Å². The van der Waals surface area contributed by atoms with Crippen LogP contribution >= 0.6 is 0 Å². The molecule has 6 nitrogen and oxygen atoms in total. The standard InChI is InChI=1S/C22H35N5O/c1-4-18-21(28)26(3)19-14-23-22(24-15(2)16-10-6-5-7-11-16)25-20(19)27(18)17-12-8-9-13-17/h14-18H,4-13H2,1-3H3,(H,23,24,25)/t15-,18+/m0/s1. The van der Waals surface area contributed by atoms with Gasteiger partial charge in [-0.15, -0.1) is 0 Å². The molecule has 2 fully saturated rings. The van der Waals surface area contributed by atoms with Gasteiger partial charge in [0, 0.05) is 19.1 Å². The third kappa shape index (κ3) is 3.58. The van der Waals surface area contributed by atoms with Crippen molar-refractivity contribution in [2.24, 2.45) is 5.92 Å². The maximum absolute atomic E-state index is 13.0. The van der Waals surface area contributed by atoms with Gasteiger partial charge in [-0.05, 0) is 44.9 Å². The van der Waals surface area contributed by atoms with E-state index in [-0.39, 0.29) is 11.9 Å². The van der Waals surface area contributed by atoms with Crippen molar-refractivity contribution in [1.29, 1.82) is 0 Å². The van der Waals surface area contributed by atoms with E-state index < -0.39 is 0 Å². The van der Waals surface area contributed by atoms with Crippen LogP contribution in [-0.2, 0) is 4.79 Å². The Bertz CT molecular complexity index is 696. The molecule has 6 heteroatoms. The van der Waals surface area contributed by atoms with Gasteiger partial charge in [0.25, 0.3) is 0 Å². The Balaban J connectivity index is 1.62. The van der Waals surface area contributed by atoms with Crippen molar-refractivity contribution in [2.45, 2.75) is 96.2 Å². The zero-order chi connectivity index (χ0) is 19.7. The molecule has 0 aromatic carbocycles. The molecule has 0 radical (unpaired) electrons. The van der Waals surface area contributed by atoms with Crippen LogP contribution < -0.4 is 15.1 Å². The molecule has 154 valence electrons. The summed E-state index contributed by atoms with van der Waals surface area (Å²) >= 11 is 0. The number of likely N-dealkylation sites (N-methyl/N-ethyl adjacent to an activating group) is 1. The summed E-state index contributed by atoms with van der Waals surface area (Å²) in [7, 11) is 1.86. The minimum atomic E-state index is -0.112. The Morgan fingerprint density at radius 1 is 1.14 bits per heavy atom. The van der Waals surface area contributed by atoms with Crippen molar-refractivity contribution >= 4 is 23.4 Å². The number of carbonyl (C=O) groups is 1. The number of hydrogen-bond donors (Lipinski definition) is 1. The number of nitrogens with zero attached hydrogens (tertiary/aromatic N) is 4. The fraction of sp³-hybridized carbons (Fsp3) is 0.773. The molecule has 2 saturated carbocycles. The van der Waals surface area contributed by atoms with Crippen molar-refractivity contribution in [3.63, 3.8) is 0 Å². The number of carbonyl (C=O) groups excluding carboxylic acids is 1. The summed E-state index contributed by atoms with van der Waals surface area (Å²) in [6, 6.07) is 0.683. The number of anilines is 3. The predicted octanol–water partition coefficient (Wildman–Crippen LogP) is 4.36. The second kappa shape index (κ2) is 8.26. The van der Waals surface area contributed by atoms with Gasteiger partial charge >= 0.3 is 0 Å². The van der Waals surface area contributed by atoms with Gasteiger partial charge < -0.3 is 15.1 Å². The van der Waals surface area contributed by atoms with E-state index in [4.69, 9.17) is 4.98 Å². The average molecular weight is 386 g/mol. The van der Waals surface area contributed by atoms with E-state index in [1.165, 1.54) is 44.9 Å². The Morgan fingerprint density at radius 3 is 2.50 bits per heavy atom. The molecule has 2 atom stereocenters. The lowest BCUT2D eigenvalue weighted by molar-refractivity contribution is -0.120. The van der Waals surface area contributed by atoms with Crippen LogP contribution in [0.5, 0.6) is 0 Å². The number of nitrogens with one attached hydrogen (secondary N) is 1. The molecular weight excluding hydrogens is 350 g/mol. The zero-order valence-electron chi connectivity index (χ0n) is 17.7. The molecule has 4 rings (SSSR count). The summed E-state index contributed by atoms with van der Waals surface area (Å²) in [5.41, 5.74) is 0.845. The first-order valence-electron chi connectivity index (χ1n) is 11.3. The summed E-state index contributed by atoms with van der Waals surface area (Å²) in [5, 5.41) is 3.58. The van der Waals surface area contributed by atoms with E-state index in [2.05, 4.69) is 29.0 Å². The number of aromatic nitrogens is 2. The third-order valence-electron chi connectivity index (χ3n) is 7.13. The van der Waals surface area contributed by atoms with Crippen molar-refractivity contribution in [2.75, 3.05) is 22.2 Å². The van der Waals surface area contributed by atoms with Crippen molar-refractivity contribution in [3.8, 4) is 0 Å². The Kier molecular flexibility index (Phi) is 5.74. The molecule has 1 aliphatic heterocycles. The Morgan fingerprint density at radius 2 is 1.82 bits per heavy atom. The SMILES string of the molecule is CC[C@@H]1C(=O)N(C)c2cnc(N[C@@H](C)C3CCCCC3)nc2N1C1CCCC1. The number of fused-ring (bicyclic) bond motifs is 1. The maximum Gasteiger partial charge on any atom is 0.249 e. The fourth-order valence-corrected chi connectivity index (χ4v) is 5.41. The highest BCUT2D eigenvalue weighted by Gasteiger charge is 2.41. The minimum absolute atomic E-state index is 0.112. The largest absolute Gasteiger partial charge is 0.351 e. The minimum Gasteiger partial charge on any atom is -0.351 e. The lowest BCUT2D eigenvalue weighted by Crippen LogP contribution is -2.55. The van der Waals surface area contributed by atoms with Gasteiger partial charge in [-0.1, -0.05) is 39.0 Å². The molecular formula is C22H35N5O. The lowest BCUT2D eigenvalue weighted by Gasteiger charge is -2.43. The fourth-order valence-electron chi connectivity index (χ4n) is 5.41. The molecule has 1 N–H and O–H groups in total. The summed E-state index contributed by atoms with van der Waals surface area (Å²) in [6.07, 6.45) is 14.1. The van der Waals surface area contributed by atoms with Crippen LogP contribution in [-0.4, -0.2) is 41.0 Å². The second-order valence-electron chi connectivity index (χ2n) is 8.90. The molecule has 1 amide bonds. The van der Waals surface area contributed by atoms with Crippen molar-refractivity contribution in [3.05, 3.63) is 6.20 Å². The first-order chi connectivity index (χ1) is 13.6. The van der Waals surface area contributed by atoms with Crippen LogP contribution in [0.3, 0.4) is 0 Å². The molecule has 0 saturated heterocycles. The maximum atomic E-state index is 13.0. The summed E-state index contributed by atoms with van der Waals surface area (Å²) in [5.74, 6) is 2.51.